The Bertz CT molecular complexity index is 236. The highest BCUT2D eigenvalue weighted by atomic mass is 35.5. The van der Waals surface area contributed by atoms with E-state index in [9.17, 15) is 0 Å². The van der Waals surface area contributed by atoms with E-state index < -0.39 is 0 Å². The first-order chi connectivity index (χ1) is 6.72. The van der Waals surface area contributed by atoms with Gasteiger partial charge < -0.3 is 5.32 Å². The lowest BCUT2D eigenvalue weighted by molar-refractivity contribution is 0.446. The zero-order valence-corrected chi connectivity index (χ0v) is 10.2. The quantitative estimate of drug-likeness (QED) is 0.763. The maximum Gasteiger partial charge on any atom is 0.0794 e. The van der Waals surface area contributed by atoms with Gasteiger partial charge in [-0.05, 0) is 12.3 Å². The van der Waals surface area contributed by atoms with Gasteiger partial charge in [0.1, 0.15) is 0 Å². The molecule has 1 aromatic rings. The standard InChI is InChI=1S/C10H17ClN2S/c1-8(2)3-9(4-11)13-6-10-5-12-7-14-10/h5,7-9,13H,3-4,6H2,1-2H3. The average Bonchev–Trinajstić information content (AvgIpc) is 2.64. The number of alkyl halides is 1. The van der Waals surface area contributed by atoms with Crippen molar-refractivity contribution in [2.75, 3.05) is 5.88 Å². The lowest BCUT2D eigenvalue weighted by atomic mass is 10.1. The van der Waals surface area contributed by atoms with E-state index in [0.29, 0.717) is 17.8 Å². The SMILES string of the molecule is CC(C)CC(CCl)NCc1cncs1. The molecule has 0 saturated heterocycles. The van der Waals surface area contributed by atoms with E-state index in [4.69, 9.17) is 11.6 Å². The van der Waals surface area contributed by atoms with Gasteiger partial charge in [0.15, 0.2) is 0 Å². The monoisotopic (exact) mass is 232 g/mol. The largest absolute Gasteiger partial charge is 0.308 e. The fourth-order valence-electron chi connectivity index (χ4n) is 1.34. The summed E-state index contributed by atoms with van der Waals surface area (Å²) in [6.45, 7) is 5.32. The third kappa shape index (κ3) is 4.40. The van der Waals surface area contributed by atoms with Crippen molar-refractivity contribution < 1.29 is 0 Å². The van der Waals surface area contributed by atoms with Gasteiger partial charge in [0.25, 0.3) is 0 Å². The molecule has 1 aromatic heterocycles. The summed E-state index contributed by atoms with van der Waals surface area (Å²) in [4.78, 5) is 5.30. The molecule has 1 heterocycles. The van der Waals surface area contributed by atoms with Gasteiger partial charge in [-0.15, -0.1) is 22.9 Å². The van der Waals surface area contributed by atoms with E-state index in [2.05, 4.69) is 24.1 Å². The van der Waals surface area contributed by atoms with Crippen molar-refractivity contribution in [2.24, 2.45) is 5.92 Å². The van der Waals surface area contributed by atoms with Crippen molar-refractivity contribution in [3.63, 3.8) is 0 Å². The number of rotatable bonds is 6. The molecule has 4 heteroatoms. The fraction of sp³-hybridized carbons (Fsp3) is 0.700. The highest BCUT2D eigenvalue weighted by Crippen LogP contribution is 2.09. The zero-order chi connectivity index (χ0) is 10.4. The van der Waals surface area contributed by atoms with Gasteiger partial charge >= 0.3 is 0 Å². The number of aromatic nitrogens is 1. The molecule has 80 valence electrons. The molecule has 0 saturated carbocycles. The van der Waals surface area contributed by atoms with Crippen LogP contribution in [0, 0.1) is 5.92 Å². The Labute approximate surface area is 94.7 Å². The van der Waals surface area contributed by atoms with Crippen LogP contribution in [-0.2, 0) is 6.54 Å². The lowest BCUT2D eigenvalue weighted by Gasteiger charge is -2.17. The highest BCUT2D eigenvalue weighted by molar-refractivity contribution is 7.09. The van der Waals surface area contributed by atoms with Crippen LogP contribution in [-0.4, -0.2) is 16.9 Å². The number of nitrogens with zero attached hydrogens (tertiary/aromatic N) is 1. The smallest absolute Gasteiger partial charge is 0.0794 e. The van der Waals surface area contributed by atoms with Gasteiger partial charge in [-0.2, -0.15) is 0 Å². The molecule has 1 rings (SSSR count). The Balaban J connectivity index is 2.27. The van der Waals surface area contributed by atoms with E-state index in [-0.39, 0.29) is 0 Å². The Morgan fingerprint density at radius 1 is 1.57 bits per heavy atom. The molecule has 1 N–H and O–H groups in total. The fourth-order valence-corrected chi connectivity index (χ4v) is 2.12. The molecule has 0 radical (unpaired) electrons. The average molecular weight is 233 g/mol. The van der Waals surface area contributed by atoms with Crippen LogP contribution in [0.5, 0.6) is 0 Å². The van der Waals surface area contributed by atoms with Gasteiger partial charge in [-0.1, -0.05) is 13.8 Å². The molecule has 0 fully saturated rings. The molecular formula is C10H17ClN2S. The summed E-state index contributed by atoms with van der Waals surface area (Å²) in [6, 6.07) is 0.416. The summed E-state index contributed by atoms with van der Waals surface area (Å²) in [6.07, 6.45) is 3.03. The van der Waals surface area contributed by atoms with Crippen LogP contribution in [0.3, 0.4) is 0 Å². The van der Waals surface area contributed by atoms with Crippen LogP contribution in [0.4, 0.5) is 0 Å². The third-order valence-electron chi connectivity index (χ3n) is 1.99. The lowest BCUT2D eigenvalue weighted by Crippen LogP contribution is -2.31. The summed E-state index contributed by atoms with van der Waals surface area (Å²) in [7, 11) is 0. The molecule has 0 aliphatic heterocycles. The summed E-state index contributed by atoms with van der Waals surface area (Å²) < 4.78 is 0. The first-order valence-corrected chi connectivity index (χ1v) is 6.30. The second kappa shape index (κ2) is 6.38. The van der Waals surface area contributed by atoms with Gasteiger partial charge in [-0.25, -0.2) is 0 Å². The van der Waals surface area contributed by atoms with Crippen LogP contribution < -0.4 is 5.32 Å². The van der Waals surface area contributed by atoms with Crippen LogP contribution in [0.25, 0.3) is 0 Å². The Kier molecular flexibility index (Phi) is 5.45. The van der Waals surface area contributed by atoms with E-state index >= 15 is 0 Å². The molecule has 0 aliphatic carbocycles. The Morgan fingerprint density at radius 2 is 2.36 bits per heavy atom. The minimum atomic E-state index is 0.416. The molecule has 0 bridgehead atoms. The van der Waals surface area contributed by atoms with Crippen molar-refractivity contribution in [3.05, 3.63) is 16.6 Å². The molecule has 1 atom stereocenters. The highest BCUT2D eigenvalue weighted by Gasteiger charge is 2.08. The first kappa shape index (κ1) is 12.0. The number of halogens is 1. The zero-order valence-electron chi connectivity index (χ0n) is 8.66. The Hall–Kier alpha value is -0.120. The van der Waals surface area contributed by atoms with Gasteiger partial charge in [0, 0.05) is 29.5 Å². The van der Waals surface area contributed by atoms with Gasteiger partial charge in [0.05, 0.1) is 5.51 Å². The summed E-state index contributed by atoms with van der Waals surface area (Å²) in [5.74, 6) is 1.37. The second-order valence-corrected chi connectivity index (χ2v) is 5.11. The first-order valence-electron chi connectivity index (χ1n) is 4.89. The van der Waals surface area contributed by atoms with E-state index in [1.54, 1.807) is 11.3 Å². The summed E-state index contributed by atoms with van der Waals surface area (Å²) in [5, 5.41) is 3.44. The van der Waals surface area contributed by atoms with E-state index in [0.717, 1.165) is 13.0 Å². The minimum absolute atomic E-state index is 0.416. The van der Waals surface area contributed by atoms with E-state index in [1.807, 2.05) is 11.7 Å². The van der Waals surface area contributed by atoms with Crippen LogP contribution in [0.2, 0.25) is 0 Å². The molecule has 2 nitrogen and oxygen atoms in total. The maximum absolute atomic E-state index is 5.88. The predicted octanol–water partition coefficient (Wildman–Crippen LogP) is 2.89. The van der Waals surface area contributed by atoms with Crippen molar-refractivity contribution in [1.82, 2.24) is 10.3 Å². The predicted molar refractivity (Wildman–Crippen MR) is 62.9 cm³/mol. The van der Waals surface area contributed by atoms with Crippen molar-refractivity contribution >= 4 is 22.9 Å². The summed E-state index contributed by atoms with van der Waals surface area (Å²) >= 11 is 7.55. The summed E-state index contributed by atoms with van der Waals surface area (Å²) in [5.41, 5.74) is 1.86. The number of hydrogen-bond acceptors (Lipinski definition) is 3. The number of hydrogen-bond donors (Lipinski definition) is 1. The van der Waals surface area contributed by atoms with Crippen molar-refractivity contribution in [1.29, 1.82) is 0 Å². The normalized spacial score (nSPS) is 13.4. The van der Waals surface area contributed by atoms with Gasteiger partial charge in [0.2, 0.25) is 0 Å². The molecule has 0 spiro atoms. The van der Waals surface area contributed by atoms with Gasteiger partial charge in [-0.3, -0.25) is 4.98 Å². The van der Waals surface area contributed by atoms with Crippen LogP contribution in [0.1, 0.15) is 25.1 Å². The molecule has 0 amide bonds. The second-order valence-electron chi connectivity index (χ2n) is 3.83. The van der Waals surface area contributed by atoms with Crippen molar-refractivity contribution in [2.45, 2.75) is 32.9 Å². The Morgan fingerprint density at radius 3 is 2.86 bits per heavy atom. The molecular weight excluding hydrogens is 216 g/mol. The molecule has 14 heavy (non-hydrogen) atoms. The third-order valence-corrected chi connectivity index (χ3v) is 3.14. The number of nitrogens with one attached hydrogen (secondary N) is 1. The molecule has 0 aromatic carbocycles. The van der Waals surface area contributed by atoms with E-state index in [1.165, 1.54) is 4.88 Å². The number of thiazole rings is 1. The maximum atomic E-state index is 5.88. The van der Waals surface area contributed by atoms with Crippen LogP contribution >= 0.6 is 22.9 Å². The molecule has 1 unspecified atom stereocenters. The van der Waals surface area contributed by atoms with Crippen molar-refractivity contribution in [3.8, 4) is 0 Å². The topological polar surface area (TPSA) is 24.9 Å². The van der Waals surface area contributed by atoms with Crippen LogP contribution in [0.15, 0.2) is 11.7 Å². The molecule has 0 aliphatic rings. The minimum Gasteiger partial charge on any atom is -0.308 e.